The van der Waals surface area contributed by atoms with Crippen molar-refractivity contribution in [2.75, 3.05) is 24.4 Å². The Kier molecular flexibility index (Phi) is 11.2. The topological polar surface area (TPSA) is 136 Å². The first kappa shape index (κ1) is 33.6. The maximum Gasteiger partial charge on any atom is 1.00 e. The van der Waals surface area contributed by atoms with Crippen LogP contribution >= 0.6 is 11.6 Å². The number of carbonyl (C=O) groups excluding carboxylic acids is 2. The number of nitrogens with one attached hydrogen (secondary N) is 2. The van der Waals surface area contributed by atoms with Crippen LogP contribution in [0.25, 0.3) is 10.9 Å². The second-order valence-electron chi connectivity index (χ2n) is 9.92. The van der Waals surface area contributed by atoms with Gasteiger partial charge in [0.15, 0.2) is 23.1 Å². The number of ether oxygens (including phenoxy) is 3. The molecule has 0 saturated heterocycles. The van der Waals surface area contributed by atoms with Crippen molar-refractivity contribution in [3.63, 3.8) is 0 Å². The van der Waals surface area contributed by atoms with Crippen LogP contribution in [0.3, 0.4) is 0 Å². The molecule has 10 nitrogen and oxygen atoms in total. The van der Waals surface area contributed by atoms with E-state index in [9.17, 15) is 14.4 Å². The third-order valence-electron chi connectivity index (χ3n) is 6.89. The van der Waals surface area contributed by atoms with Gasteiger partial charge in [-0.3, -0.25) is 19.4 Å². The summed E-state index contributed by atoms with van der Waals surface area (Å²) < 4.78 is 32.1. The molecule has 4 aromatic rings. The summed E-state index contributed by atoms with van der Waals surface area (Å²) in [4.78, 5) is 41.0. The Bertz CT molecular complexity index is 1720. The average molecular weight is 648 g/mol. The predicted molar refractivity (Wildman–Crippen MR) is 159 cm³/mol. The van der Waals surface area contributed by atoms with Gasteiger partial charge < -0.3 is 31.4 Å². The zero-order valence-electron chi connectivity index (χ0n) is 25.0. The first-order chi connectivity index (χ1) is 20.7. The quantitative estimate of drug-likeness (QED) is 0.121. The van der Waals surface area contributed by atoms with Crippen LogP contribution in [0.2, 0.25) is 5.02 Å². The molecule has 1 aliphatic rings. The number of aliphatic carboxylic acids is 1. The smallest absolute Gasteiger partial charge is 1.00 e. The number of methoxy groups -OCH3 is 1. The second-order valence-corrected chi connectivity index (χ2v) is 10.4. The number of hydrogen-bond donors (Lipinski definition) is 3. The number of benzene rings is 3. The van der Waals surface area contributed by atoms with Gasteiger partial charge in [-0.25, -0.2) is 4.39 Å². The van der Waals surface area contributed by atoms with Gasteiger partial charge in [0, 0.05) is 46.5 Å². The molecule has 0 unspecified atom stereocenters. The van der Waals surface area contributed by atoms with Gasteiger partial charge >= 0.3 is 57.4 Å². The Labute approximate surface area is 301 Å². The molecule has 1 aromatic heterocycles. The molecule has 0 bridgehead atoms. The molecule has 5 rings (SSSR count). The van der Waals surface area contributed by atoms with Gasteiger partial charge in [0.1, 0.15) is 11.2 Å². The summed E-state index contributed by atoms with van der Waals surface area (Å²) in [6, 6.07) is 15.4. The monoisotopic (exact) mass is 647 g/mol. The van der Waals surface area contributed by atoms with Crippen molar-refractivity contribution < 1.29 is 90.9 Å². The van der Waals surface area contributed by atoms with E-state index in [1.54, 1.807) is 42.5 Å². The second kappa shape index (κ2) is 14.7. The molecule has 0 spiro atoms. The number of carbonyl (C=O) groups is 3. The van der Waals surface area contributed by atoms with Gasteiger partial charge in [-0.15, -0.1) is 0 Å². The Morgan fingerprint density at radius 2 is 1.70 bits per heavy atom. The number of amides is 2. The van der Waals surface area contributed by atoms with Crippen molar-refractivity contribution in [1.82, 2.24) is 4.98 Å². The summed E-state index contributed by atoms with van der Waals surface area (Å²) in [7, 11) is 1.46. The Morgan fingerprint density at radius 1 is 0.977 bits per heavy atom. The fourth-order valence-corrected chi connectivity index (χ4v) is 4.62. The van der Waals surface area contributed by atoms with E-state index in [1.165, 1.54) is 25.4 Å². The number of anilines is 2. The molecule has 3 aromatic carbocycles. The van der Waals surface area contributed by atoms with Gasteiger partial charge in [-0.2, -0.15) is 0 Å². The van der Waals surface area contributed by atoms with Crippen LogP contribution in [-0.2, 0) is 14.4 Å². The number of rotatable bonds is 12. The Morgan fingerprint density at radius 3 is 2.34 bits per heavy atom. The minimum atomic E-state index is -1.25. The van der Waals surface area contributed by atoms with Gasteiger partial charge in [-0.1, -0.05) is 17.7 Å². The predicted octanol–water partition coefficient (Wildman–Crippen LogP) is 3.55. The van der Waals surface area contributed by atoms with Crippen molar-refractivity contribution in [2.24, 2.45) is 5.41 Å². The summed E-state index contributed by atoms with van der Waals surface area (Å²) >= 11 is 5.98. The number of carboxylic acid groups (broad SMARTS) is 1. The number of halogens is 2. The molecule has 13 heteroatoms. The van der Waals surface area contributed by atoms with Crippen molar-refractivity contribution >= 4 is 51.7 Å². The first-order valence-electron chi connectivity index (χ1n) is 13.4. The first-order valence-corrected chi connectivity index (χ1v) is 13.7. The van der Waals surface area contributed by atoms with Crippen LogP contribution in [0.4, 0.5) is 15.8 Å². The standard InChI is InChI=1S/C31H27ClFN3O7.K.H/c1-41-26-16-21-23(17-27(26)42-13-3-6-28(37)38)34-12-9-24(21)43-25-8-7-20(15-22(25)33)36-30(40)31(10-11-31)29(39)35-19-5-2-4-18(32)14-19;;/h2,4-5,7-9,12,14-17H,3,6,10-11,13H2,1H3,(H,35,39)(H,36,40)(H,37,38);;/q;+1;-1. The summed E-state index contributed by atoms with van der Waals surface area (Å²) in [5, 5.41) is 15.2. The molecule has 2 amide bonds. The van der Waals surface area contributed by atoms with E-state index in [2.05, 4.69) is 15.6 Å². The van der Waals surface area contributed by atoms with E-state index in [0.29, 0.717) is 58.1 Å². The minimum absolute atomic E-state index is 0. The molecular weight excluding hydrogens is 620 g/mol. The number of pyridine rings is 1. The van der Waals surface area contributed by atoms with Crippen molar-refractivity contribution in [2.45, 2.75) is 25.7 Å². The molecule has 44 heavy (non-hydrogen) atoms. The molecule has 1 aliphatic carbocycles. The zero-order valence-corrected chi connectivity index (χ0v) is 27.9. The third kappa shape index (κ3) is 7.87. The van der Waals surface area contributed by atoms with Crippen molar-refractivity contribution in [3.8, 4) is 23.0 Å². The van der Waals surface area contributed by atoms with Gasteiger partial charge in [-0.05, 0) is 61.7 Å². The number of hydrogen-bond acceptors (Lipinski definition) is 7. The van der Waals surface area contributed by atoms with Crippen LogP contribution < -0.4 is 76.2 Å². The van der Waals surface area contributed by atoms with E-state index >= 15 is 4.39 Å². The van der Waals surface area contributed by atoms with Crippen molar-refractivity contribution in [1.29, 1.82) is 0 Å². The molecule has 1 heterocycles. The Hall–Kier alpha value is -3.26. The van der Waals surface area contributed by atoms with Crippen LogP contribution in [0.15, 0.2) is 66.9 Å². The maximum atomic E-state index is 15.2. The van der Waals surface area contributed by atoms with Crippen LogP contribution in [0, 0.1) is 11.2 Å². The van der Waals surface area contributed by atoms with E-state index in [-0.39, 0.29) is 77.3 Å². The van der Waals surface area contributed by atoms with Crippen LogP contribution in [0.1, 0.15) is 27.1 Å². The molecule has 0 radical (unpaired) electrons. The van der Waals surface area contributed by atoms with E-state index < -0.39 is 29.0 Å². The number of fused-ring (bicyclic) bond motifs is 1. The van der Waals surface area contributed by atoms with Crippen LogP contribution in [-0.4, -0.2) is 41.6 Å². The van der Waals surface area contributed by atoms with Crippen LogP contribution in [0.5, 0.6) is 23.0 Å². The van der Waals surface area contributed by atoms with E-state index in [0.717, 1.165) is 6.07 Å². The summed E-state index contributed by atoms with van der Waals surface area (Å²) in [5.74, 6) is -1.69. The molecular formula is C31H28ClFKN3O7. The maximum absolute atomic E-state index is 15.2. The largest absolute Gasteiger partial charge is 1.00 e. The number of carboxylic acids is 1. The van der Waals surface area contributed by atoms with Gasteiger partial charge in [0.25, 0.3) is 0 Å². The normalized spacial score (nSPS) is 12.9. The molecule has 0 aliphatic heterocycles. The van der Waals surface area contributed by atoms with E-state index in [1.807, 2.05) is 0 Å². The van der Waals surface area contributed by atoms with Gasteiger partial charge in [0.05, 0.1) is 19.2 Å². The zero-order chi connectivity index (χ0) is 30.6. The summed E-state index contributed by atoms with van der Waals surface area (Å²) in [6.45, 7) is 0.173. The summed E-state index contributed by atoms with van der Waals surface area (Å²) in [5.41, 5.74) is -0.115. The number of nitrogens with zero attached hydrogens (tertiary/aromatic N) is 1. The molecule has 224 valence electrons. The summed E-state index contributed by atoms with van der Waals surface area (Å²) in [6.07, 6.45) is 2.51. The fraction of sp³-hybridized carbons (Fsp3) is 0.226. The molecule has 3 N–H and O–H groups in total. The van der Waals surface area contributed by atoms with Gasteiger partial charge in [0.2, 0.25) is 11.8 Å². The van der Waals surface area contributed by atoms with Crippen molar-refractivity contribution in [3.05, 3.63) is 77.7 Å². The molecule has 1 saturated carbocycles. The number of aromatic nitrogens is 1. The van der Waals surface area contributed by atoms with E-state index in [4.69, 9.17) is 30.9 Å². The molecule has 0 atom stereocenters. The Balaban J connectivity index is 0.00000276. The fourth-order valence-electron chi connectivity index (χ4n) is 4.43. The molecule has 1 fully saturated rings. The third-order valence-corrected chi connectivity index (χ3v) is 7.13. The average Bonchev–Trinajstić information content (AvgIpc) is 3.79. The SMILES string of the molecule is COc1cc2c(Oc3ccc(NC(=O)C4(C(=O)Nc5cccc(Cl)c5)CC4)cc3F)ccnc2cc1OCCCC(=O)O.[H-].[K+]. The minimum Gasteiger partial charge on any atom is -1.00 e.